The van der Waals surface area contributed by atoms with Gasteiger partial charge in [-0.3, -0.25) is 9.20 Å². The maximum Gasteiger partial charge on any atom is 0.251 e. The summed E-state index contributed by atoms with van der Waals surface area (Å²) in [7, 11) is 3.92. The van der Waals surface area contributed by atoms with E-state index in [1.165, 1.54) is 0 Å². The number of hydrogen-bond donors (Lipinski definition) is 1. The van der Waals surface area contributed by atoms with E-state index in [1.54, 1.807) is 0 Å². The highest BCUT2D eigenvalue weighted by atomic mass is 16.1. The highest BCUT2D eigenvalue weighted by Gasteiger charge is 2.20. The van der Waals surface area contributed by atoms with Gasteiger partial charge in [0.25, 0.3) is 5.91 Å². The molecule has 6 nitrogen and oxygen atoms in total. The van der Waals surface area contributed by atoms with E-state index in [2.05, 4.69) is 22.4 Å². The normalized spacial score (nSPS) is 12.1. The summed E-state index contributed by atoms with van der Waals surface area (Å²) in [6, 6.07) is 13.2. The first-order chi connectivity index (χ1) is 12.1. The number of amides is 1. The fraction of sp³-hybridized carbons (Fsp3) is 0.316. The van der Waals surface area contributed by atoms with E-state index in [1.807, 2.05) is 72.1 Å². The third-order valence-corrected chi connectivity index (χ3v) is 4.16. The van der Waals surface area contributed by atoms with Gasteiger partial charge in [0.05, 0.1) is 6.04 Å². The zero-order valence-electron chi connectivity index (χ0n) is 14.8. The van der Waals surface area contributed by atoms with Gasteiger partial charge in [0.15, 0.2) is 11.5 Å². The Morgan fingerprint density at radius 2 is 2.04 bits per heavy atom. The van der Waals surface area contributed by atoms with E-state index in [0.717, 1.165) is 30.0 Å². The number of nitrogens with zero attached hydrogens (tertiary/aromatic N) is 4. The summed E-state index contributed by atoms with van der Waals surface area (Å²) in [6.45, 7) is 2.09. The fourth-order valence-electron chi connectivity index (χ4n) is 2.82. The lowest BCUT2D eigenvalue weighted by atomic mass is 10.1. The molecule has 0 aliphatic heterocycles. The lowest BCUT2D eigenvalue weighted by molar-refractivity contribution is 0.0932. The fourth-order valence-corrected chi connectivity index (χ4v) is 2.82. The van der Waals surface area contributed by atoms with Crippen LogP contribution < -0.4 is 10.2 Å². The van der Waals surface area contributed by atoms with Gasteiger partial charge in [-0.1, -0.05) is 25.5 Å². The molecule has 0 aliphatic rings. The molecule has 1 amide bonds. The summed E-state index contributed by atoms with van der Waals surface area (Å²) in [4.78, 5) is 14.7. The number of hydrogen-bond acceptors (Lipinski definition) is 4. The number of benzene rings is 1. The maximum absolute atomic E-state index is 12.7. The predicted molar refractivity (Wildman–Crippen MR) is 98.9 cm³/mol. The van der Waals surface area contributed by atoms with E-state index >= 15 is 0 Å². The summed E-state index contributed by atoms with van der Waals surface area (Å²) in [5, 5.41) is 11.6. The van der Waals surface area contributed by atoms with Gasteiger partial charge in [-0.15, -0.1) is 10.2 Å². The molecule has 1 atom stereocenters. The minimum absolute atomic E-state index is 0.102. The van der Waals surface area contributed by atoms with Crippen LogP contribution in [0.1, 0.15) is 42.0 Å². The van der Waals surface area contributed by atoms with E-state index in [-0.39, 0.29) is 11.9 Å². The summed E-state index contributed by atoms with van der Waals surface area (Å²) >= 11 is 0. The van der Waals surface area contributed by atoms with Crippen LogP contribution in [0.25, 0.3) is 5.65 Å². The Bertz CT molecular complexity index is 871. The van der Waals surface area contributed by atoms with Crippen LogP contribution in [0.4, 0.5) is 5.69 Å². The van der Waals surface area contributed by atoms with Crippen molar-refractivity contribution >= 4 is 17.2 Å². The van der Waals surface area contributed by atoms with Crippen LogP contribution in [0.15, 0.2) is 48.7 Å². The first-order valence-corrected chi connectivity index (χ1v) is 8.48. The van der Waals surface area contributed by atoms with Crippen LogP contribution in [0.3, 0.4) is 0 Å². The lowest BCUT2D eigenvalue weighted by Crippen LogP contribution is -2.30. The Balaban J connectivity index is 1.87. The number of fused-ring (bicyclic) bond motifs is 1. The van der Waals surface area contributed by atoms with E-state index in [0.29, 0.717) is 5.56 Å². The van der Waals surface area contributed by atoms with Gasteiger partial charge in [-0.05, 0) is 36.8 Å². The third-order valence-electron chi connectivity index (χ3n) is 4.16. The van der Waals surface area contributed by atoms with E-state index in [9.17, 15) is 4.79 Å². The molecule has 0 spiro atoms. The van der Waals surface area contributed by atoms with Gasteiger partial charge in [0.1, 0.15) is 0 Å². The molecule has 0 aliphatic carbocycles. The second kappa shape index (κ2) is 7.34. The summed E-state index contributed by atoms with van der Waals surface area (Å²) in [5.41, 5.74) is 2.41. The summed E-state index contributed by atoms with van der Waals surface area (Å²) < 4.78 is 1.93. The average molecular weight is 337 g/mol. The zero-order valence-corrected chi connectivity index (χ0v) is 14.8. The number of pyridine rings is 1. The van der Waals surface area contributed by atoms with Crippen molar-refractivity contribution in [1.82, 2.24) is 19.9 Å². The number of carbonyl (C=O) groups is 1. The molecule has 0 fully saturated rings. The molecule has 0 saturated heterocycles. The molecule has 130 valence electrons. The van der Waals surface area contributed by atoms with Crippen LogP contribution >= 0.6 is 0 Å². The molecular weight excluding hydrogens is 314 g/mol. The highest BCUT2D eigenvalue weighted by molar-refractivity contribution is 5.95. The first-order valence-electron chi connectivity index (χ1n) is 8.48. The van der Waals surface area contributed by atoms with Crippen LogP contribution in [-0.2, 0) is 0 Å². The van der Waals surface area contributed by atoms with Crippen LogP contribution in [-0.4, -0.2) is 34.6 Å². The molecular formula is C19H23N5O. The minimum Gasteiger partial charge on any atom is -0.378 e. The number of anilines is 1. The topological polar surface area (TPSA) is 62.5 Å². The van der Waals surface area contributed by atoms with Crippen LogP contribution in [0, 0.1) is 0 Å². The average Bonchev–Trinajstić information content (AvgIpc) is 3.05. The monoisotopic (exact) mass is 337 g/mol. The molecule has 1 aromatic carbocycles. The van der Waals surface area contributed by atoms with Crippen molar-refractivity contribution in [2.75, 3.05) is 19.0 Å². The Hall–Kier alpha value is -2.89. The van der Waals surface area contributed by atoms with E-state index in [4.69, 9.17) is 0 Å². The molecule has 0 saturated carbocycles. The largest absolute Gasteiger partial charge is 0.378 e. The minimum atomic E-state index is -0.182. The lowest BCUT2D eigenvalue weighted by Gasteiger charge is -2.18. The Morgan fingerprint density at radius 1 is 1.20 bits per heavy atom. The Morgan fingerprint density at radius 3 is 2.80 bits per heavy atom. The van der Waals surface area contributed by atoms with Crippen molar-refractivity contribution in [2.24, 2.45) is 0 Å². The quantitative estimate of drug-likeness (QED) is 0.751. The van der Waals surface area contributed by atoms with Crippen molar-refractivity contribution in [3.63, 3.8) is 0 Å². The van der Waals surface area contributed by atoms with Crippen molar-refractivity contribution in [2.45, 2.75) is 25.8 Å². The van der Waals surface area contributed by atoms with Gasteiger partial charge in [0, 0.05) is 31.5 Å². The highest BCUT2D eigenvalue weighted by Crippen LogP contribution is 2.19. The molecule has 1 N–H and O–H groups in total. The summed E-state index contributed by atoms with van der Waals surface area (Å²) in [5.74, 6) is 0.657. The second-order valence-electron chi connectivity index (χ2n) is 6.25. The van der Waals surface area contributed by atoms with Gasteiger partial charge in [-0.2, -0.15) is 0 Å². The Kier molecular flexibility index (Phi) is 4.97. The van der Waals surface area contributed by atoms with Gasteiger partial charge in [0.2, 0.25) is 0 Å². The standard InChI is InChI=1S/C19H23N5O/c1-4-8-16(18-22-21-17-11-5-6-12-24(17)18)20-19(25)14-9-7-10-15(13-14)23(2)3/h5-7,9-13,16H,4,8H2,1-3H3,(H,20,25). The molecule has 3 rings (SSSR count). The summed E-state index contributed by atoms with van der Waals surface area (Å²) in [6.07, 6.45) is 3.66. The smallest absolute Gasteiger partial charge is 0.251 e. The van der Waals surface area contributed by atoms with Gasteiger partial charge >= 0.3 is 0 Å². The van der Waals surface area contributed by atoms with Crippen LogP contribution in [0.2, 0.25) is 0 Å². The molecule has 1 unspecified atom stereocenters. The zero-order chi connectivity index (χ0) is 17.8. The Labute approximate surface area is 147 Å². The van der Waals surface area contributed by atoms with Crippen molar-refractivity contribution in [3.05, 3.63) is 60.0 Å². The van der Waals surface area contributed by atoms with E-state index < -0.39 is 0 Å². The van der Waals surface area contributed by atoms with Gasteiger partial charge in [-0.25, -0.2) is 0 Å². The molecule has 0 bridgehead atoms. The maximum atomic E-state index is 12.7. The molecule has 25 heavy (non-hydrogen) atoms. The number of carbonyl (C=O) groups excluding carboxylic acids is 1. The molecule has 3 aromatic rings. The second-order valence-corrected chi connectivity index (χ2v) is 6.25. The predicted octanol–water partition coefficient (Wildman–Crippen LogP) is 3.07. The number of rotatable bonds is 6. The SMILES string of the molecule is CCCC(NC(=O)c1cccc(N(C)C)c1)c1nnc2ccccn12. The van der Waals surface area contributed by atoms with Gasteiger partial charge < -0.3 is 10.2 Å². The molecule has 6 heteroatoms. The number of nitrogens with one attached hydrogen (secondary N) is 1. The first kappa shape index (κ1) is 17.0. The van der Waals surface area contributed by atoms with Crippen molar-refractivity contribution in [3.8, 4) is 0 Å². The van der Waals surface area contributed by atoms with Crippen molar-refractivity contribution in [1.29, 1.82) is 0 Å². The van der Waals surface area contributed by atoms with Crippen molar-refractivity contribution < 1.29 is 4.79 Å². The molecule has 0 radical (unpaired) electrons. The molecule has 2 aromatic heterocycles. The van der Waals surface area contributed by atoms with Crippen LogP contribution in [0.5, 0.6) is 0 Å². The third kappa shape index (κ3) is 3.63. The molecule has 2 heterocycles. The number of aromatic nitrogens is 3.